The van der Waals surface area contributed by atoms with E-state index in [0.717, 1.165) is 37.1 Å². The van der Waals surface area contributed by atoms with Crippen molar-refractivity contribution in [1.82, 2.24) is 10.2 Å². The molecular weight excluding hydrogens is 444 g/mol. The van der Waals surface area contributed by atoms with Crippen LogP contribution in [0.25, 0.3) is 0 Å². The predicted molar refractivity (Wildman–Crippen MR) is 135 cm³/mol. The molecule has 35 heavy (non-hydrogen) atoms. The lowest BCUT2D eigenvalue weighted by Gasteiger charge is -2.29. The van der Waals surface area contributed by atoms with E-state index in [1.165, 1.54) is 18.1 Å². The molecule has 2 aliphatic rings. The zero-order valence-corrected chi connectivity index (χ0v) is 20.4. The summed E-state index contributed by atoms with van der Waals surface area (Å²) in [6.45, 7) is 6.91. The van der Waals surface area contributed by atoms with Crippen molar-refractivity contribution in [3.05, 3.63) is 64.7 Å². The molecule has 2 unspecified atom stereocenters. The summed E-state index contributed by atoms with van der Waals surface area (Å²) in [7, 11) is 0. The van der Waals surface area contributed by atoms with Crippen molar-refractivity contribution in [3.8, 4) is 0 Å². The van der Waals surface area contributed by atoms with Crippen LogP contribution in [0.3, 0.4) is 0 Å². The zero-order chi connectivity index (χ0) is 24.8. The molecule has 1 saturated heterocycles. The molecule has 0 radical (unpaired) electrons. The number of anilines is 1. The van der Waals surface area contributed by atoms with Gasteiger partial charge in [0.15, 0.2) is 0 Å². The lowest BCUT2D eigenvalue weighted by Crippen LogP contribution is -2.40. The molecule has 2 aromatic rings. The number of hydrogen-bond donors (Lipinski definition) is 3. The van der Waals surface area contributed by atoms with E-state index >= 15 is 0 Å². The van der Waals surface area contributed by atoms with Gasteiger partial charge >= 0.3 is 5.97 Å². The number of carbonyl (C=O) groups is 2. The van der Waals surface area contributed by atoms with E-state index in [0.29, 0.717) is 37.7 Å². The Morgan fingerprint density at radius 1 is 1.17 bits per heavy atom. The maximum absolute atomic E-state index is 12.8. The van der Waals surface area contributed by atoms with Crippen molar-refractivity contribution in [2.45, 2.75) is 45.3 Å². The van der Waals surface area contributed by atoms with Crippen LogP contribution >= 0.6 is 0 Å². The Balaban J connectivity index is 1.36. The van der Waals surface area contributed by atoms with Crippen LogP contribution in [0.5, 0.6) is 0 Å². The van der Waals surface area contributed by atoms with E-state index in [1.807, 2.05) is 30.0 Å². The van der Waals surface area contributed by atoms with Gasteiger partial charge in [-0.1, -0.05) is 18.2 Å². The summed E-state index contributed by atoms with van der Waals surface area (Å²) in [6.07, 6.45) is 2.45. The maximum atomic E-state index is 12.8. The SMILES string of the molecule is CC(=O)OC(C)CCC1NCCc2cc(NC(=O)c3ccc(C(=N)N4CCOCC4)cc3)ccc21. The quantitative estimate of drug-likeness (QED) is 0.320. The third-order valence-electron chi connectivity index (χ3n) is 6.54. The zero-order valence-electron chi connectivity index (χ0n) is 20.4. The minimum atomic E-state index is -0.250. The van der Waals surface area contributed by atoms with E-state index in [9.17, 15) is 9.59 Å². The average Bonchev–Trinajstić information content (AvgIpc) is 2.87. The fraction of sp³-hybridized carbons (Fsp3) is 0.444. The van der Waals surface area contributed by atoms with Crippen LogP contribution in [0.2, 0.25) is 0 Å². The van der Waals surface area contributed by atoms with E-state index in [4.69, 9.17) is 14.9 Å². The summed E-state index contributed by atoms with van der Waals surface area (Å²) in [5, 5.41) is 15.0. The number of esters is 1. The first-order valence-corrected chi connectivity index (χ1v) is 12.3. The van der Waals surface area contributed by atoms with Crippen molar-refractivity contribution in [2.24, 2.45) is 0 Å². The van der Waals surface area contributed by atoms with Crippen molar-refractivity contribution in [2.75, 3.05) is 38.2 Å². The van der Waals surface area contributed by atoms with Crippen LogP contribution in [0, 0.1) is 5.41 Å². The Labute approximate surface area is 206 Å². The fourth-order valence-electron chi connectivity index (χ4n) is 4.68. The number of hydrogen-bond acceptors (Lipinski definition) is 6. The summed E-state index contributed by atoms with van der Waals surface area (Å²) in [5.41, 5.74) is 4.57. The van der Waals surface area contributed by atoms with Crippen LogP contribution in [0.1, 0.15) is 59.8 Å². The molecule has 0 spiro atoms. The third-order valence-corrected chi connectivity index (χ3v) is 6.54. The summed E-state index contributed by atoms with van der Waals surface area (Å²) >= 11 is 0. The summed E-state index contributed by atoms with van der Waals surface area (Å²) < 4.78 is 10.6. The number of nitrogens with one attached hydrogen (secondary N) is 3. The topological polar surface area (TPSA) is 104 Å². The highest BCUT2D eigenvalue weighted by Gasteiger charge is 2.22. The second kappa shape index (κ2) is 11.5. The second-order valence-corrected chi connectivity index (χ2v) is 9.15. The molecule has 0 bridgehead atoms. The van der Waals surface area contributed by atoms with E-state index in [-0.39, 0.29) is 24.0 Å². The van der Waals surface area contributed by atoms with Gasteiger partial charge in [0.05, 0.1) is 19.3 Å². The van der Waals surface area contributed by atoms with Gasteiger partial charge in [-0.15, -0.1) is 0 Å². The molecule has 2 heterocycles. The average molecular weight is 479 g/mol. The van der Waals surface area contributed by atoms with E-state index in [2.05, 4.69) is 22.8 Å². The number of amidine groups is 1. The van der Waals surface area contributed by atoms with Gasteiger partial charge in [-0.25, -0.2) is 0 Å². The van der Waals surface area contributed by atoms with Gasteiger partial charge in [-0.3, -0.25) is 15.0 Å². The van der Waals surface area contributed by atoms with Gasteiger partial charge in [0.1, 0.15) is 5.84 Å². The molecule has 1 amide bonds. The number of nitrogens with zero attached hydrogens (tertiary/aromatic N) is 1. The Bertz CT molecular complexity index is 1060. The Morgan fingerprint density at radius 2 is 1.89 bits per heavy atom. The van der Waals surface area contributed by atoms with Crippen LogP contribution < -0.4 is 10.6 Å². The molecule has 0 aromatic heterocycles. The van der Waals surface area contributed by atoms with Gasteiger partial charge in [0.25, 0.3) is 5.91 Å². The van der Waals surface area contributed by atoms with Gasteiger partial charge in [-0.05, 0) is 68.1 Å². The van der Waals surface area contributed by atoms with Crippen molar-refractivity contribution < 1.29 is 19.1 Å². The van der Waals surface area contributed by atoms with Crippen molar-refractivity contribution in [1.29, 1.82) is 5.41 Å². The highest BCUT2D eigenvalue weighted by Crippen LogP contribution is 2.29. The molecule has 4 rings (SSSR count). The van der Waals surface area contributed by atoms with Crippen molar-refractivity contribution >= 4 is 23.4 Å². The third kappa shape index (κ3) is 6.46. The molecule has 0 aliphatic carbocycles. The number of fused-ring (bicyclic) bond motifs is 1. The summed E-state index contributed by atoms with van der Waals surface area (Å²) in [5.74, 6) is 0.0374. The molecule has 3 N–H and O–H groups in total. The molecule has 2 aromatic carbocycles. The molecule has 1 fully saturated rings. The number of ether oxygens (including phenoxy) is 2. The second-order valence-electron chi connectivity index (χ2n) is 9.15. The summed E-state index contributed by atoms with van der Waals surface area (Å²) in [6, 6.07) is 13.5. The minimum Gasteiger partial charge on any atom is -0.463 e. The summed E-state index contributed by atoms with van der Waals surface area (Å²) in [4.78, 5) is 26.0. The maximum Gasteiger partial charge on any atom is 0.302 e. The first kappa shape index (κ1) is 24.9. The highest BCUT2D eigenvalue weighted by molar-refractivity contribution is 6.05. The van der Waals surface area contributed by atoms with E-state index < -0.39 is 0 Å². The van der Waals surface area contributed by atoms with Crippen LogP contribution in [-0.4, -0.2) is 61.6 Å². The highest BCUT2D eigenvalue weighted by atomic mass is 16.5. The van der Waals surface area contributed by atoms with Crippen LogP contribution in [-0.2, 0) is 20.7 Å². The van der Waals surface area contributed by atoms with Gasteiger partial charge in [-0.2, -0.15) is 0 Å². The number of morpholine rings is 1. The molecule has 2 aliphatic heterocycles. The Hall–Kier alpha value is -3.23. The number of carbonyl (C=O) groups excluding carboxylic acids is 2. The lowest BCUT2D eigenvalue weighted by atomic mass is 9.90. The smallest absolute Gasteiger partial charge is 0.302 e. The predicted octanol–water partition coefficient (Wildman–Crippen LogP) is 3.52. The molecule has 186 valence electrons. The first-order chi connectivity index (χ1) is 16.9. The minimum absolute atomic E-state index is 0.109. The molecular formula is C27H34N4O4. The molecule has 8 heteroatoms. The number of benzene rings is 2. The number of rotatable bonds is 7. The van der Waals surface area contributed by atoms with Gasteiger partial charge in [0.2, 0.25) is 0 Å². The molecule has 8 nitrogen and oxygen atoms in total. The van der Waals surface area contributed by atoms with Crippen LogP contribution in [0.4, 0.5) is 5.69 Å². The first-order valence-electron chi connectivity index (χ1n) is 12.3. The normalized spacial score (nSPS) is 18.3. The fourth-order valence-corrected chi connectivity index (χ4v) is 4.68. The van der Waals surface area contributed by atoms with Crippen molar-refractivity contribution in [3.63, 3.8) is 0 Å². The van der Waals surface area contributed by atoms with Crippen LogP contribution in [0.15, 0.2) is 42.5 Å². The lowest BCUT2D eigenvalue weighted by molar-refractivity contribution is -0.145. The molecule has 2 atom stereocenters. The van der Waals surface area contributed by atoms with Gasteiger partial charge < -0.3 is 25.0 Å². The van der Waals surface area contributed by atoms with E-state index in [1.54, 1.807) is 12.1 Å². The standard InChI is InChI=1S/C27H34N4O4/c1-18(35-19(2)32)3-10-25-24-9-8-23(17-22(24)11-12-29-25)30-27(33)21-6-4-20(5-7-21)26(28)31-13-15-34-16-14-31/h4-9,17-18,25,28-29H,3,10-16H2,1-2H3,(H,30,33). The Kier molecular flexibility index (Phi) is 8.15. The number of amides is 1. The monoisotopic (exact) mass is 478 g/mol. The van der Waals surface area contributed by atoms with Gasteiger partial charge in [0, 0.05) is 42.9 Å². The Morgan fingerprint density at radius 3 is 2.60 bits per heavy atom. The largest absolute Gasteiger partial charge is 0.463 e. The molecule has 0 saturated carbocycles.